The lowest BCUT2D eigenvalue weighted by Crippen LogP contribution is -2.12. The number of rotatable bonds is 5. The second-order valence-electron chi connectivity index (χ2n) is 5.59. The van der Waals surface area contributed by atoms with Crippen molar-refractivity contribution in [1.29, 1.82) is 0 Å². The van der Waals surface area contributed by atoms with E-state index in [0.717, 1.165) is 12.1 Å². The van der Waals surface area contributed by atoms with E-state index >= 15 is 0 Å². The number of nitrogens with one attached hydrogen (secondary N) is 1. The predicted octanol–water partition coefficient (Wildman–Crippen LogP) is 4.56. The number of benzene rings is 2. The molecule has 0 amide bonds. The maximum Gasteiger partial charge on any atom is 0.434 e. The van der Waals surface area contributed by atoms with E-state index in [1.807, 2.05) is 0 Å². The van der Waals surface area contributed by atoms with Gasteiger partial charge in [-0.1, -0.05) is 0 Å². The smallest absolute Gasteiger partial charge is 0.434 e. The van der Waals surface area contributed by atoms with E-state index in [-0.39, 0.29) is 39.8 Å². The molecule has 28 heavy (non-hydrogen) atoms. The Bertz CT molecular complexity index is 1030. The van der Waals surface area contributed by atoms with Gasteiger partial charge in [-0.15, -0.1) is 0 Å². The number of fused-ring (bicyclic) bond motifs is 1. The van der Waals surface area contributed by atoms with E-state index in [9.17, 15) is 17.6 Å². The highest BCUT2D eigenvalue weighted by molar-refractivity contribution is 5.86. The molecule has 3 rings (SSSR count). The average molecular weight is 397 g/mol. The summed E-state index contributed by atoms with van der Waals surface area (Å²) in [5.74, 6) is -0.713. The number of hydrogen-bond acceptors (Lipinski definition) is 6. The largest absolute Gasteiger partial charge is 0.494 e. The first-order chi connectivity index (χ1) is 13.3. The molecule has 6 nitrogen and oxygen atoms in total. The van der Waals surface area contributed by atoms with Crippen LogP contribution in [0.1, 0.15) is 5.69 Å². The summed E-state index contributed by atoms with van der Waals surface area (Å²) in [7, 11) is 3.97. The summed E-state index contributed by atoms with van der Waals surface area (Å²) in [4.78, 5) is 7.66. The predicted molar refractivity (Wildman–Crippen MR) is 93.9 cm³/mol. The summed E-state index contributed by atoms with van der Waals surface area (Å²) >= 11 is 0. The van der Waals surface area contributed by atoms with Crippen molar-refractivity contribution in [3.8, 4) is 17.2 Å². The summed E-state index contributed by atoms with van der Waals surface area (Å²) in [5.41, 5.74) is -1.02. The third-order valence-electron chi connectivity index (χ3n) is 3.88. The van der Waals surface area contributed by atoms with Gasteiger partial charge in [-0.3, -0.25) is 0 Å². The first-order valence-electron chi connectivity index (χ1n) is 7.88. The Kier molecular flexibility index (Phi) is 5.12. The van der Waals surface area contributed by atoms with Crippen LogP contribution in [-0.4, -0.2) is 31.3 Å². The van der Waals surface area contributed by atoms with Crippen LogP contribution in [0.25, 0.3) is 10.9 Å². The molecule has 1 aromatic heterocycles. The Hall–Kier alpha value is -3.30. The molecule has 0 spiro atoms. The molecule has 1 N–H and O–H groups in total. The Morgan fingerprint density at radius 3 is 2.07 bits per heavy atom. The minimum Gasteiger partial charge on any atom is -0.494 e. The van der Waals surface area contributed by atoms with Crippen molar-refractivity contribution in [3.63, 3.8) is 0 Å². The number of hydrogen-bond donors (Lipinski definition) is 1. The van der Waals surface area contributed by atoms with Crippen LogP contribution in [0, 0.1) is 5.82 Å². The maximum absolute atomic E-state index is 13.8. The van der Waals surface area contributed by atoms with Crippen molar-refractivity contribution >= 4 is 22.5 Å². The van der Waals surface area contributed by atoms with E-state index in [1.165, 1.54) is 39.5 Å². The van der Waals surface area contributed by atoms with Gasteiger partial charge in [-0.2, -0.15) is 13.2 Å². The van der Waals surface area contributed by atoms with Gasteiger partial charge in [0.05, 0.1) is 26.8 Å². The molecule has 0 saturated carbocycles. The van der Waals surface area contributed by atoms with Crippen LogP contribution in [0.3, 0.4) is 0 Å². The maximum atomic E-state index is 13.8. The highest BCUT2D eigenvalue weighted by Gasteiger charge is 2.36. The summed E-state index contributed by atoms with van der Waals surface area (Å²) in [6.45, 7) is 0. The molecule has 3 aromatic rings. The van der Waals surface area contributed by atoms with Crippen LogP contribution < -0.4 is 19.5 Å². The Labute approximate surface area is 157 Å². The zero-order valence-corrected chi connectivity index (χ0v) is 15.0. The van der Waals surface area contributed by atoms with Crippen molar-refractivity contribution in [2.24, 2.45) is 0 Å². The number of anilines is 2. The van der Waals surface area contributed by atoms with Crippen LogP contribution in [0.15, 0.2) is 30.3 Å². The van der Waals surface area contributed by atoms with Crippen molar-refractivity contribution < 1.29 is 31.8 Å². The highest BCUT2D eigenvalue weighted by atomic mass is 19.4. The van der Waals surface area contributed by atoms with E-state index in [2.05, 4.69) is 15.3 Å². The molecule has 0 fully saturated rings. The Morgan fingerprint density at radius 1 is 0.857 bits per heavy atom. The molecule has 2 aromatic carbocycles. The number of halogens is 4. The fraction of sp³-hybridized carbons (Fsp3) is 0.222. The molecule has 0 atom stereocenters. The fourth-order valence-electron chi connectivity index (χ4n) is 2.60. The third-order valence-corrected chi connectivity index (χ3v) is 3.88. The fourth-order valence-corrected chi connectivity index (χ4v) is 2.60. The lowest BCUT2D eigenvalue weighted by atomic mass is 10.1. The molecule has 0 radical (unpaired) electrons. The average Bonchev–Trinajstić information content (AvgIpc) is 2.65. The van der Waals surface area contributed by atoms with Crippen LogP contribution in [0.2, 0.25) is 0 Å². The molecular weight excluding hydrogens is 382 g/mol. The Balaban J connectivity index is 2.14. The first kappa shape index (κ1) is 19.5. The van der Waals surface area contributed by atoms with Gasteiger partial charge in [0.25, 0.3) is 0 Å². The SMILES string of the molecule is COc1ccc(Nc2nc(C(F)(F)F)c3cc(OC)c(OC)cc3n2)cc1F. The number of methoxy groups -OCH3 is 3. The normalized spacial score (nSPS) is 11.4. The molecular formula is C18H15F4N3O3. The van der Waals surface area contributed by atoms with E-state index in [4.69, 9.17) is 14.2 Å². The second-order valence-corrected chi connectivity index (χ2v) is 5.59. The third kappa shape index (κ3) is 3.71. The number of ether oxygens (including phenoxy) is 3. The van der Waals surface area contributed by atoms with Crippen LogP contribution in [0.5, 0.6) is 17.2 Å². The zero-order valence-electron chi connectivity index (χ0n) is 15.0. The lowest BCUT2D eigenvalue weighted by molar-refractivity contribution is -0.139. The van der Waals surface area contributed by atoms with Crippen LogP contribution >= 0.6 is 0 Å². The summed E-state index contributed by atoms with van der Waals surface area (Å²) in [5, 5.41) is 2.32. The molecule has 0 aliphatic carbocycles. The standard InChI is InChI=1S/C18H15F4N3O3/c1-26-13-5-4-9(6-11(13)19)23-17-24-12-8-15(28-3)14(27-2)7-10(12)16(25-17)18(20,21)22/h4-8H,1-3H3,(H,23,24,25). The molecule has 0 aliphatic rings. The van der Waals surface area contributed by atoms with E-state index in [1.54, 1.807) is 0 Å². The molecule has 0 unspecified atom stereocenters. The minimum absolute atomic E-state index is 0.00204. The topological polar surface area (TPSA) is 65.5 Å². The van der Waals surface area contributed by atoms with E-state index in [0.29, 0.717) is 0 Å². The van der Waals surface area contributed by atoms with Crippen molar-refractivity contribution in [3.05, 3.63) is 41.8 Å². The van der Waals surface area contributed by atoms with Gasteiger partial charge >= 0.3 is 6.18 Å². The number of alkyl halides is 3. The molecule has 0 saturated heterocycles. The van der Waals surface area contributed by atoms with Gasteiger partial charge in [0.2, 0.25) is 5.95 Å². The quantitative estimate of drug-likeness (QED) is 0.637. The van der Waals surface area contributed by atoms with Crippen molar-refractivity contribution in [2.75, 3.05) is 26.6 Å². The molecule has 0 aliphatic heterocycles. The van der Waals surface area contributed by atoms with Crippen molar-refractivity contribution in [2.45, 2.75) is 6.18 Å². The van der Waals surface area contributed by atoms with Gasteiger partial charge in [-0.05, 0) is 18.2 Å². The van der Waals surface area contributed by atoms with Gasteiger partial charge in [0.15, 0.2) is 28.8 Å². The number of nitrogens with zero attached hydrogens (tertiary/aromatic N) is 2. The monoisotopic (exact) mass is 397 g/mol. The van der Waals surface area contributed by atoms with Crippen LogP contribution in [0.4, 0.5) is 29.2 Å². The van der Waals surface area contributed by atoms with Crippen LogP contribution in [-0.2, 0) is 6.18 Å². The van der Waals surface area contributed by atoms with Gasteiger partial charge in [0.1, 0.15) is 0 Å². The highest BCUT2D eigenvalue weighted by Crippen LogP contribution is 2.39. The zero-order chi connectivity index (χ0) is 20.5. The first-order valence-corrected chi connectivity index (χ1v) is 7.88. The van der Waals surface area contributed by atoms with Crippen molar-refractivity contribution in [1.82, 2.24) is 9.97 Å². The molecule has 0 bridgehead atoms. The van der Waals surface area contributed by atoms with Gasteiger partial charge < -0.3 is 19.5 Å². The summed E-state index contributed by atoms with van der Waals surface area (Å²) in [6, 6.07) is 6.29. The summed E-state index contributed by atoms with van der Waals surface area (Å²) < 4.78 is 69.5. The number of aromatic nitrogens is 2. The Morgan fingerprint density at radius 2 is 1.50 bits per heavy atom. The molecule has 10 heteroatoms. The van der Waals surface area contributed by atoms with Gasteiger partial charge in [0, 0.05) is 23.2 Å². The van der Waals surface area contributed by atoms with E-state index < -0.39 is 17.7 Å². The molecule has 148 valence electrons. The van der Waals surface area contributed by atoms with Gasteiger partial charge in [-0.25, -0.2) is 14.4 Å². The molecule has 1 heterocycles. The lowest BCUT2D eigenvalue weighted by Gasteiger charge is -2.15. The minimum atomic E-state index is -4.75. The second kappa shape index (κ2) is 7.37. The summed E-state index contributed by atoms with van der Waals surface area (Å²) in [6.07, 6.45) is -4.75.